The fourth-order valence-corrected chi connectivity index (χ4v) is 1.31. The largest absolute Gasteiger partial charge is 0.424 e. The van der Waals surface area contributed by atoms with E-state index in [0.29, 0.717) is 6.54 Å². The van der Waals surface area contributed by atoms with Crippen LogP contribution in [-0.2, 0) is 6.42 Å². The molecule has 4 N–H and O–H groups in total. The third-order valence-electron chi connectivity index (χ3n) is 1.90. The van der Waals surface area contributed by atoms with Crippen molar-refractivity contribution in [1.29, 1.82) is 0 Å². The first-order valence-corrected chi connectivity index (χ1v) is 4.14. The second kappa shape index (κ2) is 3.06. The minimum atomic E-state index is 0.208. The van der Waals surface area contributed by atoms with Crippen LogP contribution in [-0.4, -0.2) is 11.5 Å². The quantitative estimate of drug-likeness (QED) is 0.714. The van der Waals surface area contributed by atoms with Crippen molar-refractivity contribution in [3.8, 4) is 0 Å². The molecular weight excluding hydrogens is 166 g/mol. The predicted molar refractivity (Wildman–Crippen MR) is 51.2 cm³/mol. The van der Waals surface area contributed by atoms with Crippen LogP contribution in [0, 0.1) is 0 Å². The molecule has 13 heavy (non-hydrogen) atoms. The molecule has 0 bridgehead atoms. The van der Waals surface area contributed by atoms with Crippen molar-refractivity contribution in [2.45, 2.75) is 6.42 Å². The Hall–Kier alpha value is -1.55. The summed E-state index contributed by atoms with van der Waals surface area (Å²) in [6.45, 7) is 0.638. The van der Waals surface area contributed by atoms with Gasteiger partial charge in [-0.25, -0.2) is 0 Å². The molecule has 0 aliphatic carbocycles. The summed E-state index contributed by atoms with van der Waals surface area (Å²) in [6, 6.07) is 5.99. The number of anilines is 1. The lowest BCUT2D eigenvalue weighted by atomic mass is 10.1. The van der Waals surface area contributed by atoms with Gasteiger partial charge in [-0.2, -0.15) is 4.98 Å². The van der Waals surface area contributed by atoms with E-state index in [9.17, 15) is 0 Å². The van der Waals surface area contributed by atoms with Crippen molar-refractivity contribution in [1.82, 2.24) is 4.98 Å². The van der Waals surface area contributed by atoms with Crippen LogP contribution in [0.3, 0.4) is 0 Å². The van der Waals surface area contributed by atoms with Crippen LogP contribution >= 0.6 is 0 Å². The molecule has 0 unspecified atom stereocenters. The van der Waals surface area contributed by atoms with E-state index in [4.69, 9.17) is 15.9 Å². The van der Waals surface area contributed by atoms with Crippen LogP contribution in [0.4, 0.5) is 6.01 Å². The molecule has 0 atom stereocenters. The zero-order valence-corrected chi connectivity index (χ0v) is 7.16. The molecule has 2 rings (SSSR count). The molecule has 0 saturated heterocycles. The number of aromatic nitrogens is 1. The highest BCUT2D eigenvalue weighted by Gasteiger charge is 2.02. The fraction of sp³-hybridized carbons (Fsp3) is 0.222. The first-order valence-electron chi connectivity index (χ1n) is 4.14. The van der Waals surface area contributed by atoms with Gasteiger partial charge in [-0.15, -0.1) is 0 Å². The standard InChI is InChI=1S/C9H11N3O/c10-4-3-6-1-2-8-7(5-6)12-9(11)13-8/h1-2,5H,3-4,10H2,(H2,11,12). The number of fused-ring (bicyclic) bond motifs is 1. The summed E-state index contributed by atoms with van der Waals surface area (Å²) >= 11 is 0. The molecule has 0 aliphatic heterocycles. The van der Waals surface area contributed by atoms with E-state index in [1.165, 1.54) is 0 Å². The van der Waals surface area contributed by atoms with Gasteiger partial charge in [-0.3, -0.25) is 0 Å². The van der Waals surface area contributed by atoms with E-state index in [2.05, 4.69) is 4.98 Å². The van der Waals surface area contributed by atoms with Gasteiger partial charge in [0.2, 0.25) is 0 Å². The first-order chi connectivity index (χ1) is 6.29. The maximum atomic E-state index is 5.44. The topological polar surface area (TPSA) is 78.1 Å². The number of hydrogen-bond donors (Lipinski definition) is 2. The number of hydrogen-bond acceptors (Lipinski definition) is 4. The number of nitrogens with zero attached hydrogens (tertiary/aromatic N) is 1. The van der Waals surface area contributed by atoms with Crippen molar-refractivity contribution in [3.05, 3.63) is 23.8 Å². The normalized spacial score (nSPS) is 10.8. The van der Waals surface area contributed by atoms with Crippen molar-refractivity contribution in [2.75, 3.05) is 12.3 Å². The van der Waals surface area contributed by atoms with Crippen molar-refractivity contribution >= 4 is 17.1 Å². The molecule has 0 spiro atoms. The van der Waals surface area contributed by atoms with Crippen LogP contribution in [0.5, 0.6) is 0 Å². The van der Waals surface area contributed by atoms with Crippen molar-refractivity contribution in [3.63, 3.8) is 0 Å². The molecular formula is C9H11N3O. The summed E-state index contributed by atoms with van der Waals surface area (Å²) in [7, 11) is 0. The van der Waals surface area contributed by atoms with E-state index in [0.717, 1.165) is 23.1 Å². The molecule has 4 heteroatoms. The average Bonchev–Trinajstić information content (AvgIpc) is 2.44. The summed E-state index contributed by atoms with van der Waals surface area (Å²) < 4.78 is 5.14. The van der Waals surface area contributed by atoms with Crippen molar-refractivity contribution in [2.24, 2.45) is 5.73 Å². The molecule has 68 valence electrons. The minimum Gasteiger partial charge on any atom is -0.424 e. The van der Waals surface area contributed by atoms with Crippen LogP contribution in [0.15, 0.2) is 22.6 Å². The second-order valence-corrected chi connectivity index (χ2v) is 2.89. The van der Waals surface area contributed by atoms with Crippen molar-refractivity contribution < 1.29 is 4.42 Å². The molecule has 0 aliphatic rings. The highest BCUT2D eigenvalue weighted by Crippen LogP contribution is 2.18. The van der Waals surface area contributed by atoms with Crippen LogP contribution in [0.1, 0.15) is 5.56 Å². The minimum absolute atomic E-state index is 0.208. The highest BCUT2D eigenvalue weighted by atomic mass is 16.4. The Balaban J connectivity index is 2.48. The maximum absolute atomic E-state index is 5.44. The molecule has 4 nitrogen and oxygen atoms in total. The van der Waals surface area contributed by atoms with Crippen LogP contribution in [0.2, 0.25) is 0 Å². The molecule has 2 aromatic rings. The van der Waals surface area contributed by atoms with Gasteiger partial charge in [0.15, 0.2) is 5.58 Å². The summed E-state index contributed by atoms with van der Waals surface area (Å²) in [4.78, 5) is 4.03. The number of benzene rings is 1. The summed E-state index contributed by atoms with van der Waals surface area (Å²) in [5, 5.41) is 0. The molecule has 0 amide bonds. The predicted octanol–water partition coefficient (Wildman–Crippen LogP) is 0.911. The van der Waals surface area contributed by atoms with Gasteiger partial charge in [-0.1, -0.05) is 6.07 Å². The lowest BCUT2D eigenvalue weighted by molar-refractivity contribution is 0.626. The summed E-state index contributed by atoms with van der Waals surface area (Å²) in [6.07, 6.45) is 0.850. The highest BCUT2D eigenvalue weighted by molar-refractivity contribution is 5.74. The smallest absolute Gasteiger partial charge is 0.292 e. The zero-order chi connectivity index (χ0) is 9.26. The van der Waals surface area contributed by atoms with Gasteiger partial charge in [-0.05, 0) is 30.7 Å². The monoisotopic (exact) mass is 177 g/mol. The Labute approximate surface area is 75.5 Å². The Morgan fingerprint density at radius 1 is 1.38 bits per heavy atom. The molecule has 0 radical (unpaired) electrons. The lowest BCUT2D eigenvalue weighted by Crippen LogP contribution is -2.02. The van der Waals surface area contributed by atoms with E-state index in [-0.39, 0.29) is 6.01 Å². The maximum Gasteiger partial charge on any atom is 0.292 e. The van der Waals surface area contributed by atoms with Crippen LogP contribution in [0.25, 0.3) is 11.1 Å². The molecule has 0 fully saturated rings. The van der Waals surface area contributed by atoms with Crippen LogP contribution < -0.4 is 11.5 Å². The summed E-state index contributed by atoms with van der Waals surface area (Å²) in [5.74, 6) is 0. The van der Waals surface area contributed by atoms with Gasteiger partial charge >= 0.3 is 0 Å². The fourth-order valence-electron chi connectivity index (χ4n) is 1.31. The van der Waals surface area contributed by atoms with E-state index >= 15 is 0 Å². The summed E-state index contributed by atoms with van der Waals surface area (Å²) in [5.41, 5.74) is 13.5. The molecule has 1 aromatic carbocycles. The zero-order valence-electron chi connectivity index (χ0n) is 7.16. The number of oxazole rings is 1. The number of nitrogens with two attached hydrogens (primary N) is 2. The third kappa shape index (κ3) is 1.48. The van der Waals surface area contributed by atoms with Gasteiger partial charge in [0.25, 0.3) is 6.01 Å². The number of rotatable bonds is 2. The Kier molecular flexibility index (Phi) is 1.90. The SMILES string of the molecule is NCCc1ccc2oc(N)nc2c1. The number of nitrogen functional groups attached to an aromatic ring is 1. The average molecular weight is 177 g/mol. The third-order valence-corrected chi connectivity index (χ3v) is 1.90. The van der Waals surface area contributed by atoms with E-state index in [1.807, 2.05) is 18.2 Å². The Morgan fingerprint density at radius 3 is 3.00 bits per heavy atom. The van der Waals surface area contributed by atoms with E-state index < -0.39 is 0 Å². The van der Waals surface area contributed by atoms with Gasteiger partial charge in [0, 0.05) is 0 Å². The second-order valence-electron chi connectivity index (χ2n) is 2.89. The Bertz CT molecular complexity index is 422. The molecule has 1 heterocycles. The van der Waals surface area contributed by atoms with Gasteiger partial charge in [0.05, 0.1) is 0 Å². The molecule has 1 aromatic heterocycles. The first kappa shape index (κ1) is 8.07. The Morgan fingerprint density at radius 2 is 2.23 bits per heavy atom. The van der Waals surface area contributed by atoms with Gasteiger partial charge in [0.1, 0.15) is 5.52 Å². The molecule has 0 saturated carbocycles. The lowest BCUT2D eigenvalue weighted by Gasteiger charge is -1.95. The van der Waals surface area contributed by atoms with E-state index in [1.54, 1.807) is 0 Å². The van der Waals surface area contributed by atoms with Gasteiger partial charge < -0.3 is 15.9 Å².